The summed E-state index contributed by atoms with van der Waals surface area (Å²) in [5.74, 6) is -2.41. The lowest BCUT2D eigenvalue weighted by molar-refractivity contribution is -0.141. The maximum Gasteiger partial charge on any atom is 0.335 e. The fourth-order valence-corrected chi connectivity index (χ4v) is 3.49. The largest absolute Gasteiger partial charge is 0.481 e. The summed E-state index contributed by atoms with van der Waals surface area (Å²) in [5, 5.41) is 9.24. The summed E-state index contributed by atoms with van der Waals surface area (Å²) in [6, 6.07) is 16.8. The smallest absolute Gasteiger partial charge is 0.335 e. The lowest BCUT2D eigenvalue weighted by Gasteiger charge is -2.13. The van der Waals surface area contributed by atoms with Crippen LogP contribution in [0.3, 0.4) is 0 Å². The monoisotopic (exact) mass is 523 g/mol. The molecule has 4 aromatic rings. The standard InChI is InChI=1S/C26H23F2N5O5/c1-16(23(34)35)14-33-25(36)31-24(32(26(33)37)15-18-7-5-17(13-27)6-8-18)29-19-9-11-20(12-10-19)38-22-4-2-3-21(28)30-22/h2-12,16H,13-15H2,1H3,(H,34,35)(H,29,31,36)/t16-/m0/s1. The average molecular weight is 523 g/mol. The molecule has 4 rings (SSSR count). The van der Waals surface area contributed by atoms with E-state index in [1.807, 2.05) is 0 Å². The molecule has 0 spiro atoms. The van der Waals surface area contributed by atoms with Crippen molar-refractivity contribution in [3.05, 3.63) is 110 Å². The lowest BCUT2D eigenvalue weighted by atomic mass is 10.1. The molecule has 0 fully saturated rings. The van der Waals surface area contributed by atoms with E-state index in [2.05, 4.69) is 15.0 Å². The minimum absolute atomic E-state index is 0.0189. The number of rotatable bonds is 9. The van der Waals surface area contributed by atoms with E-state index in [0.717, 1.165) is 4.57 Å². The molecule has 0 amide bonds. The normalized spacial score (nSPS) is 12.3. The molecule has 0 aliphatic rings. The SMILES string of the molecule is C[C@@H](Cn1c(=O)[nH]/c(=N\c2ccc(Oc3cccc(F)n3)cc2)n(Cc2ccc(CF)cc2)c1=O)C(=O)O. The maximum absolute atomic E-state index is 13.3. The summed E-state index contributed by atoms with van der Waals surface area (Å²) in [6.45, 7) is 0.386. The molecule has 2 heterocycles. The Balaban J connectivity index is 1.73. The highest BCUT2D eigenvalue weighted by Gasteiger charge is 2.17. The van der Waals surface area contributed by atoms with Crippen LogP contribution in [0, 0.1) is 11.9 Å². The first-order chi connectivity index (χ1) is 18.2. The van der Waals surface area contributed by atoms with E-state index in [1.54, 1.807) is 48.5 Å². The van der Waals surface area contributed by atoms with Crippen molar-refractivity contribution in [1.82, 2.24) is 19.1 Å². The van der Waals surface area contributed by atoms with Crippen molar-refractivity contribution in [3.8, 4) is 11.6 Å². The van der Waals surface area contributed by atoms with Crippen molar-refractivity contribution in [2.75, 3.05) is 0 Å². The van der Waals surface area contributed by atoms with E-state index in [1.165, 1.54) is 29.7 Å². The molecule has 0 radical (unpaired) electrons. The zero-order valence-corrected chi connectivity index (χ0v) is 20.2. The number of nitrogens with zero attached hydrogens (tertiary/aromatic N) is 4. The number of benzene rings is 2. The summed E-state index contributed by atoms with van der Waals surface area (Å²) < 4.78 is 33.7. The van der Waals surface area contributed by atoms with Gasteiger partial charge >= 0.3 is 17.3 Å². The van der Waals surface area contributed by atoms with E-state index in [9.17, 15) is 28.3 Å². The molecule has 2 aromatic heterocycles. The second-order valence-electron chi connectivity index (χ2n) is 8.43. The van der Waals surface area contributed by atoms with Gasteiger partial charge in [-0.2, -0.15) is 9.37 Å². The minimum atomic E-state index is -1.16. The van der Waals surface area contributed by atoms with E-state index >= 15 is 0 Å². The van der Waals surface area contributed by atoms with Gasteiger partial charge in [-0.05, 0) is 41.5 Å². The van der Waals surface area contributed by atoms with Crippen LogP contribution in [0.25, 0.3) is 0 Å². The molecule has 0 bridgehead atoms. The van der Waals surface area contributed by atoms with Gasteiger partial charge in [-0.25, -0.2) is 23.5 Å². The van der Waals surface area contributed by atoms with Gasteiger partial charge in [-0.15, -0.1) is 0 Å². The number of H-pyrrole nitrogens is 1. The second-order valence-corrected chi connectivity index (χ2v) is 8.43. The number of nitrogens with one attached hydrogen (secondary N) is 1. The van der Waals surface area contributed by atoms with Gasteiger partial charge in [-0.3, -0.25) is 14.3 Å². The molecule has 0 aliphatic carbocycles. The van der Waals surface area contributed by atoms with Gasteiger partial charge in [0, 0.05) is 12.6 Å². The molecule has 2 aromatic carbocycles. The van der Waals surface area contributed by atoms with Gasteiger partial charge < -0.3 is 9.84 Å². The van der Waals surface area contributed by atoms with Crippen LogP contribution < -0.4 is 21.7 Å². The maximum atomic E-state index is 13.3. The predicted molar refractivity (Wildman–Crippen MR) is 132 cm³/mol. The number of aliphatic carboxylic acids is 1. The van der Waals surface area contributed by atoms with Crippen LogP contribution in [0.5, 0.6) is 11.6 Å². The fourth-order valence-electron chi connectivity index (χ4n) is 3.49. The molecule has 0 saturated heterocycles. The first-order valence-electron chi connectivity index (χ1n) is 11.5. The van der Waals surface area contributed by atoms with Gasteiger partial charge in [0.2, 0.25) is 17.4 Å². The number of aromatic amines is 1. The van der Waals surface area contributed by atoms with Crippen molar-refractivity contribution < 1.29 is 23.4 Å². The Morgan fingerprint density at radius 1 is 1.05 bits per heavy atom. The van der Waals surface area contributed by atoms with Crippen LogP contribution in [0.1, 0.15) is 18.1 Å². The third-order valence-electron chi connectivity index (χ3n) is 5.56. The number of aromatic nitrogens is 4. The van der Waals surface area contributed by atoms with Gasteiger partial charge in [0.1, 0.15) is 12.4 Å². The summed E-state index contributed by atoms with van der Waals surface area (Å²) in [7, 11) is 0. The Labute approximate surface area is 214 Å². The van der Waals surface area contributed by atoms with E-state index in [4.69, 9.17) is 4.74 Å². The first-order valence-corrected chi connectivity index (χ1v) is 11.5. The van der Waals surface area contributed by atoms with Crippen LogP contribution in [0.4, 0.5) is 14.5 Å². The lowest BCUT2D eigenvalue weighted by Crippen LogP contribution is -2.51. The van der Waals surface area contributed by atoms with Crippen LogP contribution in [-0.4, -0.2) is 30.2 Å². The summed E-state index contributed by atoms with van der Waals surface area (Å²) in [4.78, 5) is 47.9. The van der Waals surface area contributed by atoms with Crippen molar-refractivity contribution in [2.24, 2.45) is 10.9 Å². The summed E-state index contributed by atoms with van der Waals surface area (Å²) >= 11 is 0. The number of ether oxygens (including phenoxy) is 1. The topological polar surface area (TPSA) is 132 Å². The van der Waals surface area contributed by atoms with E-state index < -0.39 is 35.9 Å². The molecule has 2 N–H and O–H groups in total. The molecule has 0 aliphatic heterocycles. The molecule has 10 nitrogen and oxygen atoms in total. The second kappa shape index (κ2) is 11.5. The Hall–Kier alpha value is -4.87. The zero-order chi connectivity index (χ0) is 27.2. The number of hydrogen-bond donors (Lipinski definition) is 2. The van der Waals surface area contributed by atoms with Crippen molar-refractivity contribution in [1.29, 1.82) is 0 Å². The number of halogens is 2. The first kappa shape index (κ1) is 26.2. The van der Waals surface area contributed by atoms with Crippen molar-refractivity contribution in [2.45, 2.75) is 26.7 Å². The number of carboxylic acids is 1. The van der Waals surface area contributed by atoms with Gasteiger partial charge in [0.15, 0.2) is 0 Å². The summed E-state index contributed by atoms with van der Waals surface area (Å²) in [6.07, 6.45) is 0. The predicted octanol–water partition coefficient (Wildman–Crippen LogP) is 3.14. The van der Waals surface area contributed by atoms with Gasteiger partial charge in [-0.1, -0.05) is 37.3 Å². The van der Waals surface area contributed by atoms with Crippen LogP contribution in [0.15, 0.2) is 81.3 Å². The average Bonchev–Trinajstić information content (AvgIpc) is 2.90. The third-order valence-corrected chi connectivity index (χ3v) is 5.56. The number of hydrogen-bond acceptors (Lipinski definition) is 6. The molecular weight excluding hydrogens is 500 g/mol. The molecule has 0 saturated carbocycles. The molecule has 0 unspecified atom stereocenters. The molecule has 38 heavy (non-hydrogen) atoms. The Kier molecular flexibility index (Phi) is 7.90. The highest BCUT2D eigenvalue weighted by atomic mass is 19.1. The molecule has 196 valence electrons. The minimum Gasteiger partial charge on any atom is -0.481 e. The Morgan fingerprint density at radius 2 is 1.74 bits per heavy atom. The number of carboxylic acid groups (broad SMARTS) is 1. The number of carbonyl (C=O) groups is 1. The molecule has 1 atom stereocenters. The molecule has 12 heteroatoms. The highest BCUT2D eigenvalue weighted by Crippen LogP contribution is 2.22. The number of alkyl halides is 1. The quantitative estimate of drug-likeness (QED) is 0.324. The third kappa shape index (κ3) is 6.27. The van der Waals surface area contributed by atoms with Crippen LogP contribution >= 0.6 is 0 Å². The van der Waals surface area contributed by atoms with Crippen LogP contribution in [0.2, 0.25) is 0 Å². The van der Waals surface area contributed by atoms with Crippen molar-refractivity contribution >= 4 is 11.7 Å². The Bertz CT molecular complexity index is 1630. The number of pyridine rings is 1. The fraction of sp³-hybridized carbons (Fsp3) is 0.192. The van der Waals surface area contributed by atoms with E-state index in [0.29, 0.717) is 22.6 Å². The van der Waals surface area contributed by atoms with Gasteiger partial charge in [0.05, 0.1) is 18.2 Å². The highest BCUT2D eigenvalue weighted by molar-refractivity contribution is 5.69. The molecular formula is C26H23F2N5O5. The van der Waals surface area contributed by atoms with Crippen LogP contribution in [-0.2, 0) is 24.6 Å². The zero-order valence-electron chi connectivity index (χ0n) is 20.2. The summed E-state index contributed by atoms with van der Waals surface area (Å²) in [5.41, 5.74) is -0.187. The van der Waals surface area contributed by atoms with Gasteiger partial charge in [0.25, 0.3) is 0 Å². The van der Waals surface area contributed by atoms with Crippen molar-refractivity contribution in [3.63, 3.8) is 0 Å². The Morgan fingerprint density at radius 3 is 2.37 bits per heavy atom. The van der Waals surface area contributed by atoms with E-state index in [-0.39, 0.29) is 24.6 Å².